The van der Waals surface area contributed by atoms with Gasteiger partial charge in [-0.1, -0.05) is 36.4 Å². The average molecular weight is 394 g/mol. The molecule has 0 aromatic heterocycles. The van der Waals surface area contributed by atoms with Crippen LogP contribution in [0.1, 0.15) is 30.0 Å². The number of amides is 1. The summed E-state index contributed by atoms with van der Waals surface area (Å²) >= 11 is 0. The number of nitrogens with zero attached hydrogens (tertiary/aromatic N) is 1. The molecular weight excluding hydrogens is 362 g/mol. The Morgan fingerprint density at radius 3 is 2.59 bits per heavy atom. The van der Waals surface area contributed by atoms with Gasteiger partial charge in [-0.2, -0.15) is 0 Å². The van der Waals surface area contributed by atoms with E-state index in [9.17, 15) is 4.79 Å². The molecule has 2 aromatic rings. The summed E-state index contributed by atoms with van der Waals surface area (Å²) < 4.78 is 5.33. The number of carbonyl (C=O) groups is 1. The van der Waals surface area contributed by atoms with Gasteiger partial charge in [0.15, 0.2) is 0 Å². The molecule has 5 heteroatoms. The SMILES string of the molecule is CCNC(=O)[C@@H]1C[C@@H](NCc2cccc(OC)c2)CN1C1Cc2ccccc2C1. The largest absolute Gasteiger partial charge is 0.497 e. The highest BCUT2D eigenvalue weighted by atomic mass is 16.5. The van der Waals surface area contributed by atoms with Gasteiger partial charge in [-0.15, -0.1) is 0 Å². The number of ether oxygens (including phenoxy) is 1. The van der Waals surface area contributed by atoms with Crippen molar-refractivity contribution in [3.8, 4) is 5.75 Å². The van der Waals surface area contributed by atoms with Gasteiger partial charge in [-0.25, -0.2) is 0 Å². The predicted molar refractivity (Wildman–Crippen MR) is 115 cm³/mol. The fourth-order valence-electron chi connectivity index (χ4n) is 4.78. The second kappa shape index (κ2) is 8.97. The van der Waals surface area contributed by atoms with Crippen LogP contribution in [-0.4, -0.2) is 49.1 Å². The first kappa shape index (κ1) is 19.9. The van der Waals surface area contributed by atoms with Crippen LogP contribution >= 0.6 is 0 Å². The van der Waals surface area contributed by atoms with Crippen molar-refractivity contribution in [3.05, 3.63) is 65.2 Å². The minimum Gasteiger partial charge on any atom is -0.497 e. The summed E-state index contributed by atoms with van der Waals surface area (Å²) in [7, 11) is 1.69. The van der Waals surface area contributed by atoms with Gasteiger partial charge in [0, 0.05) is 31.7 Å². The van der Waals surface area contributed by atoms with E-state index >= 15 is 0 Å². The van der Waals surface area contributed by atoms with Gasteiger partial charge in [0.25, 0.3) is 0 Å². The lowest BCUT2D eigenvalue weighted by Crippen LogP contribution is -2.48. The van der Waals surface area contributed by atoms with Crippen molar-refractivity contribution in [2.45, 2.75) is 50.9 Å². The number of likely N-dealkylation sites (N-methyl/N-ethyl adjacent to an activating group) is 1. The van der Waals surface area contributed by atoms with Crippen LogP contribution in [-0.2, 0) is 24.2 Å². The summed E-state index contributed by atoms with van der Waals surface area (Å²) in [6.45, 7) is 4.35. The highest BCUT2D eigenvalue weighted by molar-refractivity contribution is 5.82. The number of nitrogens with one attached hydrogen (secondary N) is 2. The maximum atomic E-state index is 12.8. The first-order valence-electron chi connectivity index (χ1n) is 10.6. The van der Waals surface area contributed by atoms with Crippen LogP contribution in [0.5, 0.6) is 5.75 Å². The molecule has 4 rings (SSSR count). The normalized spacial score (nSPS) is 21.9. The summed E-state index contributed by atoms with van der Waals surface area (Å²) in [5.74, 6) is 1.04. The zero-order valence-electron chi connectivity index (χ0n) is 17.4. The Morgan fingerprint density at radius 2 is 1.90 bits per heavy atom. The zero-order valence-corrected chi connectivity index (χ0v) is 17.4. The lowest BCUT2D eigenvalue weighted by atomic mass is 10.1. The van der Waals surface area contributed by atoms with Crippen LogP contribution in [0, 0.1) is 0 Å². The summed E-state index contributed by atoms with van der Waals surface area (Å²) in [5.41, 5.74) is 4.06. The molecule has 1 aliphatic carbocycles. The average Bonchev–Trinajstić information content (AvgIpc) is 3.36. The van der Waals surface area contributed by atoms with E-state index in [4.69, 9.17) is 4.74 Å². The first-order chi connectivity index (χ1) is 14.2. The number of hydrogen-bond donors (Lipinski definition) is 2. The molecule has 1 heterocycles. The van der Waals surface area contributed by atoms with Crippen LogP contribution in [0.2, 0.25) is 0 Å². The van der Waals surface area contributed by atoms with E-state index in [1.165, 1.54) is 16.7 Å². The Morgan fingerprint density at radius 1 is 1.14 bits per heavy atom. The second-order valence-electron chi connectivity index (χ2n) is 8.10. The molecule has 0 unspecified atom stereocenters. The van der Waals surface area contributed by atoms with Crippen LogP contribution in [0.3, 0.4) is 0 Å². The Labute approximate surface area is 173 Å². The Balaban J connectivity index is 1.43. The third-order valence-electron chi connectivity index (χ3n) is 6.22. The van der Waals surface area contributed by atoms with E-state index in [2.05, 4.69) is 51.9 Å². The van der Waals surface area contributed by atoms with Crippen molar-refractivity contribution in [2.24, 2.45) is 0 Å². The molecule has 1 amide bonds. The van der Waals surface area contributed by atoms with E-state index in [0.29, 0.717) is 18.6 Å². The van der Waals surface area contributed by atoms with Crippen molar-refractivity contribution in [3.63, 3.8) is 0 Å². The Hall–Kier alpha value is -2.37. The monoisotopic (exact) mass is 393 g/mol. The maximum absolute atomic E-state index is 12.8. The summed E-state index contributed by atoms with van der Waals surface area (Å²) in [5, 5.41) is 6.72. The molecule has 1 fully saturated rings. The van der Waals surface area contributed by atoms with E-state index in [1.807, 2.05) is 19.1 Å². The zero-order chi connectivity index (χ0) is 20.2. The quantitative estimate of drug-likeness (QED) is 0.759. The van der Waals surface area contributed by atoms with Crippen molar-refractivity contribution in [1.82, 2.24) is 15.5 Å². The fourth-order valence-corrected chi connectivity index (χ4v) is 4.78. The minimum atomic E-state index is -0.0583. The summed E-state index contributed by atoms with van der Waals surface area (Å²) in [6, 6.07) is 17.5. The molecule has 1 aliphatic heterocycles. The maximum Gasteiger partial charge on any atom is 0.237 e. The van der Waals surface area contributed by atoms with E-state index in [0.717, 1.165) is 38.1 Å². The summed E-state index contributed by atoms with van der Waals surface area (Å²) in [6.07, 6.45) is 2.92. The molecule has 5 nitrogen and oxygen atoms in total. The Kier molecular flexibility index (Phi) is 6.16. The van der Waals surface area contributed by atoms with Gasteiger partial charge in [0.1, 0.15) is 5.75 Å². The molecule has 2 aromatic carbocycles. The molecule has 0 saturated carbocycles. The smallest absolute Gasteiger partial charge is 0.237 e. The number of carbonyl (C=O) groups excluding carboxylic acids is 1. The lowest BCUT2D eigenvalue weighted by molar-refractivity contribution is -0.126. The van der Waals surface area contributed by atoms with Crippen molar-refractivity contribution < 1.29 is 9.53 Å². The van der Waals surface area contributed by atoms with Crippen LogP contribution in [0.25, 0.3) is 0 Å². The number of benzene rings is 2. The van der Waals surface area contributed by atoms with Crippen molar-refractivity contribution >= 4 is 5.91 Å². The molecule has 2 N–H and O–H groups in total. The van der Waals surface area contributed by atoms with Crippen molar-refractivity contribution in [2.75, 3.05) is 20.2 Å². The van der Waals surface area contributed by atoms with Crippen LogP contribution in [0.4, 0.5) is 0 Å². The third-order valence-corrected chi connectivity index (χ3v) is 6.22. The molecule has 0 spiro atoms. The first-order valence-corrected chi connectivity index (χ1v) is 10.6. The molecule has 1 saturated heterocycles. The molecule has 0 radical (unpaired) electrons. The molecular formula is C24H31N3O2. The highest BCUT2D eigenvalue weighted by Crippen LogP contribution is 2.31. The van der Waals surface area contributed by atoms with E-state index in [1.54, 1.807) is 7.11 Å². The summed E-state index contributed by atoms with van der Waals surface area (Å²) in [4.78, 5) is 15.2. The van der Waals surface area contributed by atoms with Gasteiger partial charge < -0.3 is 15.4 Å². The van der Waals surface area contributed by atoms with Gasteiger partial charge >= 0.3 is 0 Å². The number of methoxy groups -OCH3 is 1. The molecule has 2 atom stereocenters. The predicted octanol–water partition coefficient (Wildman–Crippen LogP) is 2.53. The van der Waals surface area contributed by atoms with Gasteiger partial charge in [-0.05, 0) is 55.0 Å². The Bertz CT molecular complexity index is 829. The van der Waals surface area contributed by atoms with E-state index in [-0.39, 0.29) is 11.9 Å². The fraction of sp³-hybridized carbons (Fsp3) is 0.458. The molecule has 2 aliphatic rings. The number of fused-ring (bicyclic) bond motifs is 1. The highest BCUT2D eigenvalue weighted by Gasteiger charge is 2.41. The van der Waals surface area contributed by atoms with Crippen LogP contribution < -0.4 is 15.4 Å². The van der Waals surface area contributed by atoms with Gasteiger partial charge in [0.05, 0.1) is 13.2 Å². The third kappa shape index (κ3) is 4.46. The van der Waals surface area contributed by atoms with E-state index < -0.39 is 0 Å². The van der Waals surface area contributed by atoms with Crippen LogP contribution in [0.15, 0.2) is 48.5 Å². The number of hydrogen-bond acceptors (Lipinski definition) is 4. The lowest BCUT2D eigenvalue weighted by Gasteiger charge is -2.29. The standard InChI is InChI=1S/C24H31N3O2/c1-3-25-24(28)23-14-20(26-15-17-7-6-10-22(11-17)29-2)16-27(23)21-12-18-8-4-5-9-19(18)13-21/h4-11,20-21,23,26H,3,12-16H2,1-2H3,(H,25,28)/t20-,23+/m1/s1. The minimum absolute atomic E-state index is 0.0583. The second-order valence-corrected chi connectivity index (χ2v) is 8.10. The van der Waals surface area contributed by atoms with Crippen molar-refractivity contribution in [1.29, 1.82) is 0 Å². The van der Waals surface area contributed by atoms with Gasteiger partial charge in [-0.3, -0.25) is 9.69 Å². The number of likely N-dealkylation sites (tertiary alicyclic amines) is 1. The molecule has 154 valence electrons. The number of rotatable bonds is 7. The molecule has 29 heavy (non-hydrogen) atoms. The molecule has 0 bridgehead atoms. The topological polar surface area (TPSA) is 53.6 Å². The van der Waals surface area contributed by atoms with Gasteiger partial charge in [0.2, 0.25) is 5.91 Å².